The number of quaternary nitrogens is 1. The van der Waals surface area contributed by atoms with Crippen molar-refractivity contribution in [2.75, 3.05) is 33.9 Å². The molecule has 0 bridgehead atoms. The van der Waals surface area contributed by atoms with Crippen molar-refractivity contribution in [3.05, 3.63) is 30.3 Å². The van der Waals surface area contributed by atoms with Gasteiger partial charge < -0.3 is 4.89 Å². The third-order valence-corrected chi connectivity index (χ3v) is 7.63. The highest BCUT2D eigenvalue weighted by Crippen LogP contribution is 2.43. The van der Waals surface area contributed by atoms with Gasteiger partial charge in [0.2, 0.25) is 0 Å². The maximum absolute atomic E-state index is 12.1. The maximum atomic E-state index is 12.1. The average molecular weight is 499 g/mol. The summed E-state index contributed by atoms with van der Waals surface area (Å²) in [6, 6.07) is 10.1. The van der Waals surface area contributed by atoms with Gasteiger partial charge in [0.1, 0.15) is 18.8 Å². The van der Waals surface area contributed by atoms with Gasteiger partial charge in [-0.2, -0.15) is 0 Å². The van der Waals surface area contributed by atoms with Gasteiger partial charge in [-0.05, 0) is 18.6 Å². The van der Waals surface area contributed by atoms with Crippen molar-refractivity contribution in [1.82, 2.24) is 4.48 Å². The second kappa shape index (κ2) is 19.5. The predicted molar refractivity (Wildman–Crippen MR) is 146 cm³/mol. The molecule has 5 nitrogen and oxygen atoms in total. The van der Waals surface area contributed by atoms with Crippen LogP contribution in [0.5, 0.6) is 0 Å². The van der Waals surface area contributed by atoms with Crippen LogP contribution in [-0.2, 0) is 13.6 Å². The molecule has 1 aromatic rings. The molecule has 0 aromatic heterocycles. The largest absolute Gasteiger partial charge is 0.472 e. The van der Waals surface area contributed by atoms with Crippen molar-refractivity contribution >= 4 is 13.5 Å². The van der Waals surface area contributed by atoms with Gasteiger partial charge in [0.05, 0.1) is 20.7 Å². The zero-order chi connectivity index (χ0) is 25.0. The number of hydrogen-bond donors (Lipinski definition) is 1. The van der Waals surface area contributed by atoms with Crippen molar-refractivity contribution in [1.29, 1.82) is 0 Å². The smallest absolute Gasteiger partial charge is 0.302 e. The summed E-state index contributed by atoms with van der Waals surface area (Å²) in [4.78, 5) is 9.91. The average Bonchev–Trinajstić information content (AvgIpc) is 2.81. The van der Waals surface area contributed by atoms with Crippen LogP contribution in [0.4, 0.5) is 5.69 Å². The number of nitrogens with zero attached hydrogens (tertiary/aromatic N) is 1. The Labute approximate surface area is 210 Å². The third-order valence-electron chi connectivity index (χ3n) is 6.61. The normalized spacial score (nSPS) is 13.8. The van der Waals surface area contributed by atoms with Crippen LogP contribution in [0.3, 0.4) is 0 Å². The van der Waals surface area contributed by atoms with E-state index in [1.807, 2.05) is 30.3 Å². The van der Waals surface area contributed by atoms with E-state index in [1.54, 1.807) is 0 Å². The number of unbranched alkanes of at least 4 members (excludes halogenated alkanes) is 15. The molecule has 1 atom stereocenters. The fraction of sp³-hybridized carbons (Fsp3) is 0.786. The van der Waals surface area contributed by atoms with E-state index in [0.717, 1.165) is 18.5 Å². The lowest BCUT2D eigenvalue weighted by Crippen LogP contribution is -2.43. The molecule has 0 amide bonds. The van der Waals surface area contributed by atoms with Gasteiger partial charge in [-0.15, -0.1) is 0 Å². The molecular weight excluding hydrogens is 445 g/mol. The lowest BCUT2D eigenvalue weighted by Gasteiger charge is -2.29. The van der Waals surface area contributed by atoms with Crippen LogP contribution in [-0.4, -0.2) is 38.7 Å². The molecule has 6 heteroatoms. The Hall–Kier alpha value is -0.710. The van der Waals surface area contributed by atoms with Crippen LogP contribution in [0.25, 0.3) is 0 Å². The summed E-state index contributed by atoms with van der Waals surface area (Å²) >= 11 is 0. The molecule has 0 saturated carbocycles. The standard InChI is InChI=1S/C28H52NO4P/c1-4-5-6-7-8-9-10-11-12-13-14-15-16-17-18-22-26-32-34(30,31)33-27-25-29(2,3)28-23-20-19-21-24-28/h19-21,23-24H,4-18,22,25-27H2,1-3H3/p+1. The highest BCUT2D eigenvalue weighted by molar-refractivity contribution is 7.47. The molecule has 34 heavy (non-hydrogen) atoms. The van der Waals surface area contributed by atoms with E-state index in [-0.39, 0.29) is 13.2 Å². The Morgan fingerprint density at radius 1 is 0.676 bits per heavy atom. The minimum atomic E-state index is -3.97. The highest BCUT2D eigenvalue weighted by Gasteiger charge is 2.24. The second-order valence-corrected chi connectivity index (χ2v) is 11.6. The molecule has 0 aliphatic heterocycles. The van der Waals surface area contributed by atoms with E-state index in [0.29, 0.717) is 11.0 Å². The summed E-state index contributed by atoms with van der Waals surface area (Å²) in [5.74, 6) is 0. The molecule has 0 aliphatic carbocycles. The Bertz CT molecular complexity index is 639. The lowest BCUT2D eigenvalue weighted by molar-refractivity contribution is 0.139. The number of para-hydroxylation sites is 1. The molecule has 1 unspecified atom stereocenters. The zero-order valence-corrected chi connectivity index (χ0v) is 23.3. The first kappa shape index (κ1) is 31.3. The molecule has 0 heterocycles. The molecule has 198 valence electrons. The van der Waals surface area contributed by atoms with Gasteiger partial charge in [0.15, 0.2) is 0 Å². The van der Waals surface area contributed by atoms with Crippen LogP contribution < -0.4 is 4.48 Å². The number of rotatable bonds is 23. The number of phosphoric ester groups is 1. The third kappa shape index (κ3) is 16.8. The summed E-state index contributed by atoms with van der Waals surface area (Å²) in [5.41, 5.74) is 1.13. The Kier molecular flexibility index (Phi) is 17.9. The zero-order valence-electron chi connectivity index (χ0n) is 22.4. The first-order valence-corrected chi connectivity index (χ1v) is 15.4. The molecule has 0 fully saturated rings. The summed E-state index contributed by atoms with van der Waals surface area (Å²) in [5, 5.41) is 0. The summed E-state index contributed by atoms with van der Waals surface area (Å²) in [6.45, 7) is 3.32. The molecule has 0 saturated heterocycles. The number of benzene rings is 1. The Balaban J connectivity index is 1.90. The van der Waals surface area contributed by atoms with Crippen LogP contribution in [0.15, 0.2) is 30.3 Å². The molecule has 0 radical (unpaired) electrons. The van der Waals surface area contributed by atoms with Crippen LogP contribution in [0.1, 0.15) is 110 Å². The van der Waals surface area contributed by atoms with Gasteiger partial charge in [0.25, 0.3) is 0 Å². The quantitative estimate of drug-likeness (QED) is 0.0932. The molecule has 1 N–H and O–H groups in total. The monoisotopic (exact) mass is 498 g/mol. The lowest BCUT2D eigenvalue weighted by atomic mass is 10.0. The SMILES string of the molecule is CCCCCCCCCCCCCCCCCCOP(=O)(O)OCC[N+](C)(C)c1ccccc1. The van der Waals surface area contributed by atoms with Crippen molar-refractivity contribution < 1.29 is 18.5 Å². The fourth-order valence-corrected chi connectivity index (χ4v) is 4.96. The van der Waals surface area contributed by atoms with E-state index in [2.05, 4.69) is 21.0 Å². The topological polar surface area (TPSA) is 55.8 Å². The molecule has 1 rings (SSSR count). The molecule has 1 aromatic carbocycles. The first-order valence-electron chi connectivity index (χ1n) is 13.9. The van der Waals surface area contributed by atoms with Gasteiger partial charge in [0, 0.05) is 0 Å². The van der Waals surface area contributed by atoms with Crippen molar-refractivity contribution in [2.24, 2.45) is 0 Å². The minimum Gasteiger partial charge on any atom is -0.302 e. The fourth-order valence-electron chi connectivity index (χ4n) is 4.21. The van der Waals surface area contributed by atoms with Gasteiger partial charge in [-0.1, -0.05) is 121 Å². The highest BCUT2D eigenvalue weighted by atomic mass is 31.2. The van der Waals surface area contributed by atoms with Crippen molar-refractivity contribution in [3.63, 3.8) is 0 Å². The molecular formula is C28H53NO4P+. The van der Waals surface area contributed by atoms with E-state index in [9.17, 15) is 9.46 Å². The molecule has 0 aliphatic rings. The van der Waals surface area contributed by atoms with Crippen LogP contribution >= 0.6 is 7.82 Å². The van der Waals surface area contributed by atoms with Gasteiger partial charge >= 0.3 is 7.82 Å². The first-order chi connectivity index (χ1) is 16.4. The second-order valence-electron chi connectivity index (χ2n) is 10.2. The summed E-state index contributed by atoms with van der Waals surface area (Å²) in [6.07, 6.45) is 20.9. The van der Waals surface area contributed by atoms with E-state index < -0.39 is 7.82 Å². The van der Waals surface area contributed by atoms with Crippen LogP contribution in [0.2, 0.25) is 0 Å². The summed E-state index contributed by atoms with van der Waals surface area (Å²) < 4.78 is 23.0. The van der Waals surface area contributed by atoms with Gasteiger partial charge in [-0.3, -0.25) is 13.5 Å². The van der Waals surface area contributed by atoms with E-state index >= 15 is 0 Å². The van der Waals surface area contributed by atoms with E-state index in [1.165, 1.54) is 89.9 Å². The maximum Gasteiger partial charge on any atom is 0.472 e. The number of phosphoric acid groups is 1. The van der Waals surface area contributed by atoms with Gasteiger partial charge in [-0.25, -0.2) is 4.57 Å². The Morgan fingerprint density at radius 2 is 1.09 bits per heavy atom. The minimum absolute atomic E-state index is 0.175. The summed E-state index contributed by atoms with van der Waals surface area (Å²) in [7, 11) is 0.138. The predicted octanol–water partition coefficient (Wildman–Crippen LogP) is 8.65. The Morgan fingerprint density at radius 3 is 1.56 bits per heavy atom. The van der Waals surface area contributed by atoms with Crippen molar-refractivity contribution in [2.45, 2.75) is 110 Å². The van der Waals surface area contributed by atoms with Crippen molar-refractivity contribution in [3.8, 4) is 0 Å². The molecule has 0 spiro atoms. The number of likely N-dealkylation sites (N-methyl/N-ethyl adjacent to an activating group) is 1. The number of hydrogen-bond acceptors (Lipinski definition) is 3. The van der Waals surface area contributed by atoms with E-state index in [4.69, 9.17) is 9.05 Å². The van der Waals surface area contributed by atoms with Crippen LogP contribution in [0, 0.1) is 0 Å².